The van der Waals surface area contributed by atoms with Crippen LogP contribution in [0.5, 0.6) is 0 Å². The summed E-state index contributed by atoms with van der Waals surface area (Å²) in [4.78, 5) is 21.2. The van der Waals surface area contributed by atoms with Gasteiger partial charge in [-0.1, -0.05) is 27.7 Å². The van der Waals surface area contributed by atoms with Crippen LogP contribution in [0, 0.1) is 6.92 Å². The maximum absolute atomic E-state index is 12.3. The Morgan fingerprint density at radius 3 is 2.36 bits per heavy atom. The van der Waals surface area contributed by atoms with Crippen LogP contribution in [0.3, 0.4) is 0 Å². The van der Waals surface area contributed by atoms with Crippen LogP contribution < -0.4 is 0 Å². The highest BCUT2D eigenvalue weighted by Gasteiger charge is 2.24. The molecule has 1 fully saturated rings. The predicted molar refractivity (Wildman–Crippen MR) is 87.0 cm³/mol. The van der Waals surface area contributed by atoms with Crippen molar-refractivity contribution in [2.45, 2.75) is 52.9 Å². The fourth-order valence-electron chi connectivity index (χ4n) is 2.67. The standard InChI is InChI=1S/C17H29N3O2/c1-6-19-9-11-20(12-10-19)15(21)8-7-14-13(2)18-16(22-14)17(3,4)5/h6-12H2,1-5H3. The summed E-state index contributed by atoms with van der Waals surface area (Å²) in [6, 6.07) is 0. The van der Waals surface area contributed by atoms with Crippen molar-refractivity contribution in [3.05, 3.63) is 17.3 Å². The van der Waals surface area contributed by atoms with Crippen LogP contribution in [-0.4, -0.2) is 53.4 Å². The monoisotopic (exact) mass is 307 g/mol. The van der Waals surface area contributed by atoms with E-state index in [-0.39, 0.29) is 11.3 Å². The number of piperazine rings is 1. The second kappa shape index (κ2) is 6.82. The Bertz CT molecular complexity index is 508. The average molecular weight is 307 g/mol. The molecule has 0 bridgehead atoms. The fraction of sp³-hybridized carbons (Fsp3) is 0.765. The molecule has 2 rings (SSSR count). The van der Waals surface area contributed by atoms with Gasteiger partial charge in [-0.25, -0.2) is 4.98 Å². The van der Waals surface area contributed by atoms with Gasteiger partial charge in [0.25, 0.3) is 0 Å². The first-order chi connectivity index (χ1) is 10.3. The van der Waals surface area contributed by atoms with Crippen LogP contribution in [0.1, 0.15) is 51.5 Å². The third kappa shape index (κ3) is 4.09. The summed E-state index contributed by atoms with van der Waals surface area (Å²) in [6.07, 6.45) is 1.15. The number of aryl methyl sites for hydroxylation is 2. The lowest BCUT2D eigenvalue weighted by Gasteiger charge is -2.34. The van der Waals surface area contributed by atoms with Crippen molar-refractivity contribution in [2.24, 2.45) is 0 Å². The number of amides is 1. The Morgan fingerprint density at radius 1 is 1.23 bits per heavy atom. The zero-order valence-electron chi connectivity index (χ0n) is 14.6. The third-order valence-corrected chi connectivity index (χ3v) is 4.27. The number of rotatable bonds is 4. The molecule has 1 aliphatic heterocycles. The molecule has 0 aliphatic carbocycles. The summed E-state index contributed by atoms with van der Waals surface area (Å²) in [5.74, 6) is 1.83. The van der Waals surface area contributed by atoms with Crippen molar-refractivity contribution in [2.75, 3.05) is 32.7 Å². The molecule has 1 aromatic rings. The first-order valence-electron chi connectivity index (χ1n) is 8.28. The Hall–Kier alpha value is -1.36. The SMILES string of the molecule is CCN1CCN(C(=O)CCc2oc(C(C)(C)C)nc2C)CC1. The fourth-order valence-corrected chi connectivity index (χ4v) is 2.67. The molecule has 5 heteroatoms. The molecule has 2 heterocycles. The zero-order chi connectivity index (χ0) is 16.3. The van der Waals surface area contributed by atoms with Gasteiger partial charge in [-0.3, -0.25) is 4.79 Å². The van der Waals surface area contributed by atoms with Gasteiger partial charge >= 0.3 is 0 Å². The predicted octanol–water partition coefficient (Wildman–Crippen LogP) is 2.38. The molecular weight excluding hydrogens is 278 g/mol. The van der Waals surface area contributed by atoms with E-state index in [1.807, 2.05) is 11.8 Å². The van der Waals surface area contributed by atoms with Crippen LogP contribution in [0.4, 0.5) is 0 Å². The van der Waals surface area contributed by atoms with E-state index < -0.39 is 0 Å². The van der Waals surface area contributed by atoms with Gasteiger partial charge in [0, 0.05) is 44.4 Å². The molecule has 124 valence electrons. The molecule has 5 nitrogen and oxygen atoms in total. The second-order valence-corrected chi connectivity index (χ2v) is 7.09. The van der Waals surface area contributed by atoms with Crippen LogP contribution >= 0.6 is 0 Å². The Morgan fingerprint density at radius 2 is 1.86 bits per heavy atom. The summed E-state index contributed by atoms with van der Waals surface area (Å²) in [5.41, 5.74) is 0.817. The topological polar surface area (TPSA) is 49.6 Å². The number of hydrogen-bond acceptors (Lipinski definition) is 4. The molecular formula is C17H29N3O2. The van der Waals surface area contributed by atoms with E-state index in [0.29, 0.717) is 12.8 Å². The van der Waals surface area contributed by atoms with E-state index >= 15 is 0 Å². The van der Waals surface area contributed by atoms with E-state index in [1.165, 1.54) is 0 Å². The lowest BCUT2D eigenvalue weighted by molar-refractivity contribution is -0.132. The average Bonchev–Trinajstić information content (AvgIpc) is 2.86. The number of hydrogen-bond donors (Lipinski definition) is 0. The quantitative estimate of drug-likeness (QED) is 0.857. The minimum absolute atomic E-state index is 0.0937. The van der Waals surface area contributed by atoms with E-state index in [1.54, 1.807) is 0 Å². The number of aromatic nitrogens is 1. The minimum Gasteiger partial charge on any atom is -0.445 e. The van der Waals surface area contributed by atoms with Crippen LogP contribution in [0.2, 0.25) is 0 Å². The van der Waals surface area contributed by atoms with E-state index in [0.717, 1.165) is 50.1 Å². The molecule has 0 atom stereocenters. The Kier molecular flexibility index (Phi) is 5.27. The third-order valence-electron chi connectivity index (χ3n) is 4.27. The molecule has 1 aliphatic rings. The van der Waals surface area contributed by atoms with E-state index in [2.05, 4.69) is 37.6 Å². The van der Waals surface area contributed by atoms with Gasteiger partial charge in [-0.2, -0.15) is 0 Å². The first kappa shape index (κ1) is 17.0. The molecule has 22 heavy (non-hydrogen) atoms. The number of nitrogens with zero attached hydrogens (tertiary/aromatic N) is 3. The van der Waals surface area contributed by atoms with Crippen molar-refractivity contribution < 1.29 is 9.21 Å². The van der Waals surface area contributed by atoms with Gasteiger partial charge in [0.15, 0.2) is 5.89 Å². The number of carbonyl (C=O) groups is 1. The smallest absolute Gasteiger partial charge is 0.223 e. The van der Waals surface area contributed by atoms with Crippen molar-refractivity contribution >= 4 is 5.91 Å². The van der Waals surface area contributed by atoms with Gasteiger partial charge in [0.05, 0.1) is 5.69 Å². The van der Waals surface area contributed by atoms with Gasteiger partial charge in [0.2, 0.25) is 5.91 Å². The second-order valence-electron chi connectivity index (χ2n) is 7.09. The van der Waals surface area contributed by atoms with Gasteiger partial charge in [-0.05, 0) is 13.5 Å². The summed E-state index contributed by atoms with van der Waals surface area (Å²) in [7, 11) is 0. The lowest BCUT2D eigenvalue weighted by atomic mass is 9.97. The molecule has 0 saturated carbocycles. The Labute approximate surface area is 133 Å². The van der Waals surface area contributed by atoms with E-state index in [9.17, 15) is 4.79 Å². The molecule has 0 N–H and O–H groups in total. The highest BCUT2D eigenvalue weighted by Crippen LogP contribution is 2.24. The van der Waals surface area contributed by atoms with Crippen LogP contribution in [0.15, 0.2) is 4.42 Å². The zero-order valence-corrected chi connectivity index (χ0v) is 14.6. The maximum Gasteiger partial charge on any atom is 0.223 e. The molecule has 0 unspecified atom stereocenters. The van der Waals surface area contributed by atoms with Crippen LogP contribution in [-0.2, 0) is 16.6 Å². The van der Waals surface area contributed by atoms with Crippen LogP contribution in [0.25, 0.3) is 0 Å². The number of carbonyl (C=O) groups excluding carboxylic acids is 1. The largest absolute Gasteiger partial charge is 0.445 e. The summed E-state index contributed by atoms with van der Waals surface area (Å²) in [6.45, 7) is 15.1. The van der Waals surface area contributed by atoms with Crippen molar-refractivity contribution in [1.82, 2.24) is 14.8 Å². The van der Waals surface area contributed by atoms with Crippen molar-refractivity contribution in [1.29, 1.82) is 0 Å². The molecule has 0 spiro atoms. The summed E-state index contributed by atoms with van der Waals surface area (Å²) in [5, 5.41) is 0. The normalized spacial score (nSPS) is 17.0. The molecule has 0 radical (unpaired) electrons. The van der Waals surface area contributed by atoms with Crippen molar-refractivity contribution in [3.63, 3.8) is 0 Å². The maximum atomic E-state index is 12.3. The van der Waals surface area contributed by atoms with Crippen molar-refractivity contribution in [3.8, 4) is 0 Å². The molecule has 1 amide bonds. The molecule has 1 saturated heterocycles. The molecule has 0 aromatic carbocycles. The number of oxazole rings is 1. The van der Waals surface area contributed by atoms with Gasteiger partial charge in [0.1, 0.15) is 5.76 Å². The minimum atomic E-state index is -0.0937. The summed E-state index contributed by atoms with van der Waals surface area (Å²) >= 11 is 0. The summed E-state index contributed by atoms with van der Waals surface area (Å²) < 4.78 is 5.86. The first-order valence-corrected chi connectivity index (χ1v) is 8.28. The highest BCUT2D eigenvalue weighted by molar-refractivity contribution is 5.76. The molecule has 1 aromatic heterocycles. The van der Waals surface area contributed by atoms with E-state index in [4.69, 9.17) is 4.42 Å². The van der Waals surface area contributed by atoms with Gasteiger partial charge in [-0.15, -0.1) is 0 Å². The van der Waals surface area contributed by atoms with Gasteiger partial charge < -0.3 is 14.2 Å². The highest BCUT2D eigenvalue weighted by atomic mass is 16.4. The number of likely N-dealkylation sites (N-methyl/N-ethyl adjacent to an activating group) is 1. The Balaban J connectivity index is 1.88. The lowest BCUT2D eigenvalue weighted by Crippen LogP contribution is -2.48.